The maximum Gasteiger partial charge on any atom is 0.0649 e. The summed E-state index contributed by atoms with van der Waals surface area (Å²) < 4.78 is 1.55. The van der Waals surface area contributed by atoms with Gasteiger partial charge >= 0.3 is 0 Å². The minimum atomic E-state index is 0.598. The van der Waals surface area contributed by atoms with Crippen molar-refractivity contribution >= 4 is 34.9 Å². The molecule has 1 nitrogen and oxygen atoms in total. The molecule has 3 unspecified atom stereocenters. The Morgan fingerprint density at radius 3 is 3.16 bits per heavy atom. The van der Waals surface area contributed by atoms with Gasteiger partial charge in [0.1, 0.15) is 0 Å². The molecule has 2 heterocycles. The lowest BCUT2D eigenvalue weighted by Gasteiger charge is -2.32. The van der Waals surface area contributed by atoms with Crippen molar-refractivity contribution in [3.05, 3.63) is 17.0 Å². The first-order valence-corrected chi connectivity index (χ1v) is 10.2. The number of thioether (sulfide) groups is 2. The Kier molecular flexibility index (Phi) is 4.83. The highest BCUT2D eigenvalue weighted by Crippen LogP contribution is 2.44. The summed E-state index contributed by atoms with van der Waals surface area (Å²) in [6.45, 7) is 4.66. The van der Waals surface area contributed by atoms with Crippen LogP contribution in [0.1, 0.15) is 51.1 Å². The molecule has 1 aliphatic heterocycles. The lowest BCUT2D eigenvalue weighted by molar-refractivity contribution is 0.418. The lowest BCUT2D eigenvalue weighted by Crippen LogP contribution is -2.38. The van der Waals surface area contributed by atoms with Crippen LogP contribution in [-0.4, -0.2) is 22.3 Å². The van der Waals surface area contributed by atoms with Crippen LogP contribution in [0.5, 0.6) is 0 Å². The molecule has 0 radical (unpaired) electrons. The fourth-order valence-electron chi connectivity index (χ4n) is 3.30. The van der Waals surface area contributed by atoms with Crippen LogP contribution in [0.25, 0.3) is 0 Å². The van der Waals surface area contributed by atoms with Crippen LogP contribution in [0.3, 0.4) is 0 Å². The molecule has 106 valence electrons. The van der Waals surface area contributed by atoms with Gasteiger partial charge in [0.2, 0.25) is 0 Å². The molecule has 0 amide bonds. The third-order valence-corrected chi connectivity index (χ3v) is 7.83. The highest BCUT2D eigenvalue weighted by molar-refractivity contribution is 8.01. The summed E-state index contributed by atoms with van der Waals surface area (Å²) in [5.74, 6) is 1.25. The van der Waals surface area contributed by atoms with Gasteiger partial charge in [0, 0.05) is 22.6 Å². The molecule has 0 spiro atoms. The summed E-state index contributed by atoms with van der Waals surface area (Å²) in [6, 6.07) is 3.67. The molecule has 4 atom stereocenters. The van der Waals surface area contributed by atoms with E-state index in [4.69, 9.17) is 0 Å². The van der Waals surface area contributed by atoms with E-state index in [0.29, 0.717) is 6.04 Å². The minimum Gasteiger partial charge on any atom is -0.306 e. The number of nitrogens with one attached hydrogen (secondary N) is 1. The van der Waals surface area contributed by atoms with Gasteiger partial charge in [-0.05, 0) is 42.0 Å². The molecule has 0 aromatic carbocycles. The molecule has 1 aromatic rings. The Morgan fingerprint density at radius 2 is 2.32 bits per heavy atom. The summed E-state index contributed by atoms with van der Waals surface area (Å²) in [7, 11) is 0. The van der Waals surface area contributed by atoms with Crippen LogP contribution in [0.2, 0.25) is 0 Å². The normalized spacial score (nSPS) is 34.4. The zero-order valence-corrected chi connectivity index (χ0v) is 14.2. The van der Waals surface area contributed by atoms with Crippen LogP contribution in [0.4, 0.5) is 0 Å². The molecule has 1 aliphatic carbocycles. The molecule has 3 rings (SSSR count). The van der Waals surface area contributed by atoms with E-state index in [1.807, 2.05) is 11.3 Å². The van der Waals surface area contributed by atoms with Crippen molar-refractivity contribution in [3.63, 3.8) is 0 Å². The average molecular weight is 314 g/mol. The Hall–Kier alpha value is 0.360. The van der Waals surface area contributed by atoms with Gasteiger partial charge in [0.15, 0.2) is 0 Å². The number of hydrogen-bond donors (Lipinski definition) is 1. The van der Waals surface area contributed by atoms with E-state index >= 15 is 0 Å². The van der Waals surface area contributed by atoms with Crippen LogP contribution in [0, 0.1) is 0 Å². The molecule has 1 aromatic heterocycles. The average Bonchev–Trinajstić information content (AvgIpc) is 2.99. The van der Waals surface area contributed by atoms with Gasteiger partial charge < -0.3 is 5.32 Å². The van der Waals surface area contributed by atoms with Crippen molar-refractivity contribution in [3.8, 4) is 0 Å². The van der Waals surface area contributed by atoms with Crippen molar-refractivity contribution in [2.24, 2.45) is 0 Å². The Labute approximate surface area is 129 Å². The van der Waals surface area contributed by atoms with Gasteiger partial charge in [0.25, 0.3) is 0 Å². The second-order valence-electron chi connectivity index (χ2n) is 5.58. The van der Waals surface area contributed by atoms with E-state index in [0.717, 1.165) is 16.5 Å². The fourth-order valence-corrected chi connectivity index (χ4v) is 7.07. The first-order chi connectivity index (χ1) is 9.28. The first-order valence-electron chi connectivity index (χ1n) is 7.39. The predicted octanol–water partition coefficient (Wildman–Crippen LogP) is 4.94. The van der Waals surface area contributed by atoms with E-state index in [1.165, 1.54) is 31.4 Å². The van der Waals surface area contributed by atoms with E-state index in [-0.39, 0.29) is 0 Å². The largest absolute Gasteiger partial charge is 0.306 e. The summed E-state index contributed by atoms with van der Waals surface area (Å²) >= 11 is 6.14. The number of rotatable bonds is 4. The van der Waals surface area contributed by atoms with E-state index in [2.05, 4.69) is 54.1 Å². The zero-order chi connectivity index (χ0) is 13.2. The number of thiophene rings is 1. The highest BCUT2D eigenvalue weighted by atomic mass is 32.2. The maximum absolute atomic E-state index is 4.00. The Morgan fingerprint density at radius 1 is 1.42 bits per heavy atom. The quantitative estimate of drug-likeness (QED) is 0.846. The fraction of sp³-hybridized carbons (Fsp3) is 0.733. The SMILES string of the molecule is CCSC1CCCC1NC1C[C@H](C)Sc2sccc21. The van der Waals surface area contributed by atoms with Crippen LogP contribution in [0.15, 0.2) is 15.7 Å². The number of hydrogen-bond acceptors (Lipinski definition) is 4. The molecule has 2 aliphatic rings. The monoisotopic (exact) mass is 313 g/mol. The molecule has 1 fully saturated rings. The third-order valence-electron chi connectivity index (χ3n) is 4.16. The number of fused-ring (bicyclic) bond motifs is 1. The van der Waals surface area contributed by atoms with Gasteiger partial charge in [-0.25, -0.2) is 0 Å². The molecule has 1 saturated carbocycles. The first kappa shape index (κ1) is 14.3. The van der Waals surface area contributed by atoms with Crippen molar-refractivity contribution in [2.45, 2.75) is 66.3 Å². The van der Waals surface area contributed by atoms with E-state index in [9.17, 15) is 0 Å². The van der Waals surface area contributed by atoms with E-state index in [1.54, 1.807) is 9.77 Å². The molecular formula is C15H23NS3. The zero-order valence-electron chi connectivity index (χ0n) is 11.7. The molecule has 0 saturated heterocycles. The van der Waals surface area contributed by atoms with Gasteiger partial charge in [-0.3, -0.25) is 0 Å². The standard InChI is InChI=1S/C15H23NS3/c1-3-17-14-6-4-5-12(14)16-13-9-10(2)19-15-11(13)7-8-18-15/h7-8,10,12-14,16H,3-6,9H2,1-2H3/t10-,12?,13?,14?/m0/s1. The van der Waals surface area contributed by atoms with Gasteiger partial charge in [-0.15, -0.1) is 23.1 Å². The molecule has 1 N–H and O–H groups in total. The highest BCUT2D eigenvalue weighted by Gasteiger charge is 2.32. The summed E-state index contributed by atoms with van der Waals surface area (Å²) in [5.41, 5.74) is 1.57. The summed E-state index contributed by atoms with van der Waals surface area (Å²) in [4.78, 5) is 0. The van der Waals surface area contributed by atoms with E-state index < -0.39 is 0 Å². The lowest BCUT2D eigenvalue weighted by atomic mass is 10.0. The molecular weight excluding hydrogens is 290 g/mol. The van der Waals surface area contributed by atoms with Crippen molar-refractivity contribution in [2.75, 3.05) is 5.75 Å². The van der Waals surface area contributed by atoms with Crippen LogP contribution in [-0.2, 0) is 0 Å². The van der Waals surface area contributed by atoms with Crippen molar-refractivity contribution in [1.29, 1.82) is 0 Å². The Bertz CT molecular complexity index is 417. The van der Waals surface area contributed by atoms with Crippen molar-refractivity contribution < 1.29 is 0 Å². The third kappa shape index (κ3) is 3.17. The maximum atomic E-state index is 4.00. The van der Waals surface area contributed by atoms with Gasteiger partial charge in [-0.2, -0.15) is 11.8 Å². The second-order valence-corrected chi connectivity index (χ2v) is 9.72. The molecule has 0 bridgehead atoms. The summed E-state index contributed by atoms with van der Waals surface area (Å²) in [6.07, 6.45) is 5.47. The summed E-state index contributed by atoms with van der Waals surface area (Å²) in [5, 5.41) is 7.86. The van der Waals surface area contributed by atoms with Crippen molar-refractivity contribution in [1.82, 2.24) is 5.32 Å². The second kappa shape index (κ2) is 6.42. The molecule has 19 heavy (non-hydrogen) atoms. The van der Waals surface area contributed by atoms with Gasteiger partial charge in [0.05, 0.1) is 4.21 Å². The van der Waals surface area contributed by atoms with Crippen LogP contribution < -0.4 is 5.32 Å². The van der Waals surface area contributed by atoms with Crippen LogP contribution >= 0.6 is 34.9 Å². The predicted molar refractivity (Wildman–Crippen MR) is 89.7 cm³/mol. The Balaban J connectivity index is 1.70. The molecule has 4 heteroatoms. The van der Waals surface area contributed by atoms with Gasteiger partial charge in [-0.1, -0.05) is 20.3 Å². The topological polar surface area (TPSA) is 12.0 Å². The smallest absolute Gasteiger partial charge is 0.0649 e. The minimum absolute atomic E-state index is 0.598.